The van der Waals surface area contributed by atoms with Crippen molar-refractivity contribution in [2.75, 3.05) is 6.54 Å². The Hall–Kier alpha value is -1.10. The molecule has 0 aromatic carbocycles. The molecule has 0 aliphatic rings. The Bertz CT molecular complexity index is 231. The van der Waals surface area contributed by atoms with E-state index in [1.807, 2.05) is 6.92 Å². The van der Waals surface area contributed by atoms with E-state index >= 15 is 0 Å². The van der Waals surface area contributed by atoms with Crippen molar-refractivity contribution in [3.8, 4) is 0 Å². The van der Waals surface area contributed by atoms with E-state index in [2.05, 4.69) is 5.32 Å². The summed E-state index contributed by atoms with van der Waals surface area (Å²) in [5.41, 5.74) is 5.33. The van der Waals surface area contributed by atoms with Crippen LogP contribution in [0.1, 0.15) is 39.5 Å². The maximum Gasteiger partial charge on any atom is 0.326 e. The van der Waals surface area contributed by atoms with Gasteiger partial charge in [0.1, 0.15) is 6.04 Å². The van der Waals surface area contributed by atoms with Crippen molar-refractivity contribution in [3.05, 3.63) is 0 Å². The zero-order chi connectivity index (χ0) is 12.6. The van der Waals surface area contributed by atoms with Gasteiger partial charge in [-0.05, 0) is 32.2 Å². The summed E-state index contributed by atoms with van der Waals surface area (Å²) in [4.78, 5) is 22.4. The fraction of sp³-hybridized carbons (Fsp3) is 0.818. The zero-order valence-electron chi connectivity index (χ0n) is 10.0. The summed E-state index contributed by atoms with van der Waals surface area (Å²) in [6.45, 7) is 4.23. The Morgan fingerprint density at radius 2 is 2.00 bits per heavy atom. The molecule has 0 fully saturated rings. The van der Waals surface area contributed by atoms with Gasteiger partial charge < -0.3 is 16.2 Å². The van der Waals surface area contributed by atoms with E-state index in [0.717, 1.165) is 6.42 Å². The number of carbonyl (C=O) groups is 2. The zero-order valence-corrected chi connectivity index (χ0v) is 10.0. The number of unbranched alkanes of at least 4 members (excludes halogenated alkanes) is 1. The van der Waals surface area contributed by atoms with Crippen molar-refractivity contribution < 1.29 is 14.7 Å². The molecule has 16 heavy (non-hydrogen) atoms. The third-order valence-corrected chi connectivity index (χ3v) is 2.62. The lowest BCUT2D eigenvalue weighted by atomic mass is 10.1. The second kappa shape index (κ2) is 8.10. The number of hydrogen-bond donors (Lipinski definition) is 3. The average molecular weight is 230 g/mol. The van der Waals surface area contributed by atoms with E-state index in [-0.39, 0.29) is 11.8 Å². The first-order valence-corrected chi connectivity index (χ1v) is 5.76. The highest BCUT2D eigenvalue weighted by atomic mass is 16.4. The van der Waals surface area contributed by atoms with Crippen molar-refractivity contribution in [2.45, 2.75) is 45.6 Å². The van der Waals surface area contributed by atoms with Crippen LogP contribution in [0.25, 0.3) is 0 Å². The number of carboxylic acid groups (broad SMARTS) is 1. The number of carboxylic acids is 1. The Labute approximate surface area is 96.4 Å². The van der Waals surface area contributed by atoms with Crippen LogP contribution >= 0.6 is 0 Å². The van der Waals surface area contributed by atoms with Gasteiger partial charge in [0.25, 0.3) is 0 Å². The molecule has 0 rings (SSSR count). The van der Waals surface area contributed by atoms with Gasteiger partial charge in [0.05, 0.1) is 0 Å². The number of amides is 1. The van der Waals surface area contributed by atoms with Crippen LogP contribution in [0.3, 0.4) is 0 Å². The molecule has 4 N–H and O–H groups in total. The molecule has 0 heterocycles. The van der Waals surface area contributed by atoms with Crippen molar-refractivity contribution in [2.24, 2.45) is 11.7 Å². The first kappa shape index (κ1) is 14.9. The lowest BCUT2D eigenvalue weighted by molar-refractivity contribution is -0.142. The molecule has 0 radical (unpaired) electrons. The van der Waals surface area contributed by atoms with Crippen LogP contribution in [-0.2, 0) is 9.59 Å². The van der Waals surface area contributed by atoms with Crippen LogP contribution < -0.4 is 11.1 Å². The maximum absolute atomic E-state index is 11.5. The summed E-state index contributed by atoms with van der Waals surface area (Å²) >= 11 is 0. The second-order valence-corrected chi connectivity index (χ2v) is 3.99. The predicted octanol–water partition coefficient (Wildman–Crippen LogP) is 0.731. The topological polar surface area (TPSA) is 92.4 Å². The van der Waals surface area contributed by atoms with E-state index in [1.165, 1.54) is 0 Å². The first-order chi connectivity index (χ1) is 7.52. The fourth-order valence-electron chi connectivity index (χ4n) is 1.25. The monoisotopic (exact) mass is 230 g/mol. The molecule has 0 aromatic heterocycles. The molecule has 1 amide bonds. The molecule has 0 bridgehead atoms. The van der Waals surface area contributed by atoms with Gasteiger partial charge in [0.2, 0.25) is 5.91 Å². The summed E-state index contributed by atoms with van der Waals surface area (Å²) in [5.74, 6) is -1.31. The van der Waals surface area contributed by atoms with E-state index in [4.69, 9.17) is 10.8 Å². The molecule has 0 aliphatic carbocycles. The Morgan fingerprint density at radius 3 is 2.44 bits per heavy atom. The minimum Gasteiger partial charge on any atom is -0.480 e. The van der Waals surface area contributed by atoms with Crippen molar-refractivity contribution in [1.29, 1.82) is 0 Å². The van der Waals surface area contributed by atoms with E-state index in [9.17, 15) is 9.59 Å². The Morgan fingerprint density at radius 1 is 1.38 bits per heavy atom. The van der Waals surface area contributed by atoms with Gasteiger partial charge in [-0.3, -0.25) is 4.79 Å². The molecular weight excluding hydrogens is 208 g/mol. The summed E-state index contributed by atoms with van der Waals surface area (Å²) in [6.07, 6.45) is 2.65. The van der Waals surface area contributed by atoms with Crippen LogP contribution in [0.2, 0.25) is 0 Å². The van der Waals surface area contributed by atoms with Crippen LogP contribution in [0.5, 0.6) is 0 Å². The number of aliphatic carboxylic acids is 1. The van der Waals surface area contributed by atoms with Gasteiger partial charge in [-0.1, -0.05) is 13.8 Å². The van der Waals surface area contributed by atoms with Crippen LogP contribution in [-0.4, -0.2) is 29.6 Å². The van der Waals surface area contributed by atoms with Crippen molar-refractivity contribution in [3.63, 3.8) is 0 Å². The van der Waals surface area contributed by atoms with E-state index in [0.29, 0.717) is 25.8 Å². The standard InChI is InChI=1S/C11H22N2O3/c1-3-8(2)10(14)13-9(11(15)16)6-4-5-7-12/h8-9H,3-7,12H2,1-2H3,(H,13,14)(H,15,16)/t8?,9-/m1/s1. The summed E-state index contributed by atoms with van der Waals surface area (Å²) in [7, 11) is 0. The van der Waals surface area contributed by atoms with Gasteiger partial charge in [-0.15, -0.1) is 0 Å². The molecular formula is C11H22N2O3. The number of hydrogen-bond acceptors (Lipinski definition) is 3. The first-order valence-electron chi connectivity index (χ1n) is 5.76. The molecule has 94 valence electrons. The van der Waals surface area contributed by atoms with Gasteiger partial charge >= 0.3 is 5.97 Å². The minimum absolute atomic E-state index is 0.142. The lowest BCUT2D eigenvalue weighted by Crippen LogP contribution is -2.43. The van der Waals surface area contributed by atoms with Crippen molar-refractivity contribution >= 4 is 11.9 Å². The number of rotatable bonds is 8. The average Bonchev–Trinajstić information content (AvgIpc) is 2.26. The van der Waals surface area contributed by atoms with Crippen LogP contribution in [0, 0.1) is 5.92 Å². The molecule has 0 aliphatic heterocycles. The lowest BCUT2D eigenvalue weighted by Gasteiger charge is -2.16. The van der Waals surface area contributed by atoms with Crippen LogP contribution in [0.15, 0.2) is 0 Å². The molecule has 1 unspecified atom stereocenters. The second-order valence-electron chi connectivity index (χ2n) is 3.99. The quantitative estimate of drug-likeness (QED) is 0.536. The highest BCUT2D eigenvalue weighted by Gasteiger charge is 2.21. The molecule has 5 nitrogen and oxygen atoms in total. The van der Waals surface area contributed by atoms with Crippen molar-refractivity contribution in [1.82, 2.24) is 5.32 Å². The molecule has 5 heteroatoms. The fourth-order valence-corrected chi connectivity index (χ4v) is 1.25. The SMILES string of the molecule is CCC(C)C(=O)N[C@H](CCCCN)C(=O)O. The molecule has 0 spiro atoms. The number of nitrogens with one attached hydrogen (secondary N) is 1. The minimum atomic E-state index is -0.978. The van der Waals surface area contributed by atoms with Crippen LogP contribution in [0.4, 0.5) is 0 Å². The van der Waals surface area contributed by atoms with Gasteiger partial charge in [-0.2, -0.15) is 0 Å². The van der Waals surface area contributed by atoms with Gasteiger partial charge in [0, 0.05) is 5.92 Å². The highest BCUT2D eigenvalue weighted by molar-refractivity contribution is 5.84. The smallest absolute Gasteiger partial charge is 0.326 e. The number of carbonyl (C=O) groups excluding carboxylic acids is 1. The molecule has 0 saturated carbocycles. The highest BCUT2D eigenvalue weighted by Crippen LogP contribution is 2.05. The van der Waals surface area contributed by atoms with Gasteiger partial charge in [-0.25, -0.2) is 4.79 Å². The van der Waals surface area contributed by atoms with E-state index < -0.39 is 12.0 Å². The van der Waals surface area contributed by atoms with E-state index in [1.54, 1.807) is 6.92 Å². The molecule has 0 saturated heterocycles. The molecule has 2 atom stereocenters. The summed E-state index contributed by atoms with van der Waals surface area (Å²) < 4.78 is 0. The Balaban J connectivity index is 4.12. The van der Waals surface area contributed by atoms with Gasteiger partial charge in [0.15, 0.2) is 0 Å². The normalized spacial score (nSPS) is 14.2. The maximum atomic E-state index is 11.5. The predicted molar refractivity (Wildman–Crippen MR) is 61.9 cm³/mol. The largest absolute Gasteiger partial charge is 0.480 e. The summed E-state index contributed by atoms with van der Waals surface area (Å²) in [6, 6.07) is -0.784. The summed E-state index contributed by atoms with van der Waals surface area (Å²) in [5, 5.41) is 11.5. The molecule has 0 aromatic rings. The number of nitrogens with two attached hydrogens (primary N) is 1. The third kappa shape index (κ3) is 5.70. The third-order valence-electron chi connectivity index (χ3n) is 2.62. The Kier molecular flexibility index (Phi) is 7.54.